The Labute approximate surface area is 121 Å². The number of benzene rings is 1. The van der Waals surface area contributed by atoms with Crippen molar-refractivity contribution in [3.8, 4) is 0 Å². The largest absolute Gasteiger partial charge is 0.309 e. The molecular formula is C16H21ClN2. The van der Waals surface area contributed by atoms with Crippen molar-refractivity contribution in [2.75, 3.05) is 20.6 Å². The van der Waals surface area contributed by atoms with Gasteiger partial charge in [0.15, 0.2) is 0 Å². The summed E-state index contributed by atoms with van der Waals surface area (Å²) in [4.78, 5) is 5.99. The molecule has 1 aromatic carbocycles. The molecule has 0 radical (unpaired) electrons. The van der Waals surface area contributed by atoms with Gasteiger partial charge in [-0.2, -0.15) is 0 Å². The molecule has 0 saturated carbocycles. The molecule has 0 spiro atoms. The number of halogens is 1. The number of aromatic nitrogens is 1. The topological polar surface area (TPSA) is 16.1 Å². The van der Waals surface area contributed by atoms with Gasteiger partial charge < -0.3 is 4.90 Å². The van der Waals surface area contributed by atoms with E-state index in [0.717, 1.165) is 18.0 Å². The van der Waals surface area contributed by atoms with Crippen LogP contribution < -0.4 is 0 Å². The summed E-state index contributed by atoms with van der Waals surface area (Å²) >= 11 is 5.79. The normalized spacial score (nSPS) is 9.89. The molecule has 3 heteroatoms. The van der Waals surface area contributed by atoms with Gasteiger partial charge in [-0.05, 0) is 63.3 Å². The van der Waals surface area contributed by atoms with Crippen molar-refractivity contribution in [3.63, 3.8) is 0 Å². The molecule has 0 fully saturated rings. The highest BCUT2D eigenvalue weighted by Gasteiger charge is 1.94. The van der Waals surface area contributed by atoms with Gasteiger partial charge in [0.1, 0.15) is 0 Å². The van der Waals surface area contributed by atoms with Crippen molar-refractivity contribution in [2.24, 2.45) is 0 Å². The van der Waals surface area contributed by atoms with Gasteiger partial charge in [-0.15, -0.1) is 0 Å². The summed E-state index contributed by atoms with van der Waals surface area (Å²) in [6, 6.07) is 13.8. The zero-order chi connectivity index (χ0) is 13.9. The van der Waals surface area contributed by atoms with E-state index < -0.39 is 0 Å². The predicted octanol–water partition coefficient (Wildman–Crippen LogP) is 3.92. The highest BCUT2D eigenvalue weighted by molar-refractivity contribution is 6.30. The molecule has 0 bridgehead atoms. The predicted molar refractivity (Wildman–Crippen MR) is 82.6 cm³/mol. The second-order valence-corrected chi connectivity index (χ2v) is 4.99. The van der Waals surface area contributed by atoms with Crippen LogP contribution in [0.4, 0.5) is 0 Å². The summed E-state index contributed by atoms with van der Waals surface area (Å²) in [5.74, 6) is 0. The lowest BCUT2D eigenvalue weighted by molar-refractivity contribution is 0.400. The van der Waals surface area contributed by atoms with E-state index in [1.807, 2.05) is 30.3 Å². The smallest absolute Gasteiger partial charge is 0.0406 e. The Kier molecular flexibility index (Phi) is 7.87. The molecule has 0 unspecified atom stereocenters. The first-order chi connectivity index (χ1) is 9.18. The van der Waals surface area contributed by atoms with Crippen LogP contribution in [-0.2, 0) is 6.42 Å². The first-order valence-electron chi connectivity index (χ1n) is 6.42. The Bertz CT molecular complexity index is 400. The number of pyridine rings is 1. The molecule has 1 aromatic heterocycles. The maximum Gasteiger partial charge on any atom is 0.0406 e. The van der Waals surface area contributed by atoms with Gasteiger partial charge in [-0.25, -0.2) is 0 Å². The van der Waals surface area contributed by atoms with Crippen LogP contribution in [0.25, 0.3) is 0 Å². The van der Waals surface area contributed by atoms with Crippen LogP contribution in [-0.4, -0.2) is 30.5 Å². The highest BCUT2D eigenvalue weighted by Crippen LogP contribution is 2.10. The SMILES string of the molecule is CN(C)CCCc1ccc(Cl)cc1.c1ccncc1. The third-order valence-corrected chi connectivity index (χ3v) is 2.80. The van der Waals surface area contributed by atoms with Gasteiger partial charge >= 0.3 is 0 Å². The molecule has 0 amide bonds. The Morgan fingerprint density at radius 3 is 2.05 bits per heavy atom. The number of aryl methyl sites for hydroxylation is 1. The first-order valence-corrected chi connectivity index (χ1v) is 6.80. The quantitative estimate of drug-likeness (QED) is 0.842. The van der Waals surface area contributed by atoms with Crippen molar-refractivity contribution in [2.45, 2.75) is 12.8 Å². The molecule has 0 saturated heterocycles. The molecule has 19 heavy (non-hydrogen) atoms. The van der Waals surface area contributed by atoms with Gasteiger partial charge in [0.2, 0.25) is 0 Å². The summed E-state index contributed by atoms with van der Waals surface area (Å²) in [5.41, 5.74) is 1.37. The number of nitrogens with zero attached hydrogens (tertiary/aromatic N) is 2. The molecular weight excluding hydrogens is 256 g/mol. The Morgan fingerprint density at radius 1 is 1.00 bits per heavy atom. The summed E-state index contributed by atoms with van der Waals surface area (Å²) in [5, 5.41) is 0.816. The maximum absolute atomic E-state index is 5.79. The minimum absolute atomic E-state index is 0.816. The molecule has 2 aromatic rings. The van der Waals surface area contributed by atoms with Crippen molar-refractivity contribution in [1.82, 2.24) is 9.88 Å². The number of hydrogen-bond acceptors (Lipinski definition) is 2. The second kappa shape index (κ2) is 9.54. The summed E-state index contributed by atoms with van der Waals surface area (Å²) in [7, 11) is 4.20. The van der Waals surface area contributed by atoms with Crippen LogP contribution >= 0.6 is 11.6 Å². The van der Waals surface area contributed by atoms with Gasteiger partial charge in [0.05, 0.1) is 0 Å². The van der Waals surface area contributed by atoms with Gasteiger partial charge in [-0.3, -0.25) is 4.98 Å². The number of rotatable bonds is 4. The lowest BCUT2D eigenvalue weighted by atomic mass is 10.1. The van der Waals surface area contributed by atoms with Gasteiger partial charge in [0, 0.05) is 17.4 Å². The Balaban J connectivity index is 0.000000250. The van der Waals surface area contributed by atoms with E-state index in [0.29, 0.717) is 0 Å². The number of hydrogen-bond donors (Lipinski definition) is 0. The van der Waals surface area contributed by atoms with Crippen molar-refractivity contribution >= 4 is 11.6 Å². The van der Waals surface area contributed by atoms with E-state index in [-0.39, 0.29) is 0 Å². The zero-order valence-corrected chi connectivity index (χ0v) is 12.3. The van der Waals surface area contributed by atoms with Gasteiger partial charge in [0.25, 0.3) is 0 Å². The zero-order valence-electron chi connectivity index (χ0n) is 11.6. The van der Waals surface area contributed by atoms with Crippen LogP contribution in [0.2, 0.25) is 5.02 Å². The van der Waals surface area contributed by atoms with Crippen LogP contribution in [0.5, 0.6) is 0 Å². The molecule has 102 valence electrons. The molecule has 0 aliphatic heterocycles. The van der Waals surface area contributed by atoms with E-state index in [1.54, 1.807) is 12.4 Å². The molecule has 0 aliphatic carbocycles. The lowest BCUT2D eigenvalue weighted by Gasteiger charge is -2.08. The molecule has 0 N–H and O–H groups in total. The summed E-state index contributed by atoms with van der Waals surface area (Å²) in [6.45, 7) is 1.14. The minimum atomic E-state index is 0.816. The molecule has 2 rings (SSSR count). The second-order valence-electron chi connectivity index (χ2n) is 4.56. The summed E-state index contributed by atoms with van der Waals surface area (Å²) in [6.07, 6.45) is 5.84. The van der Waals surface area contributed by atoms with Crippen LogP contribution in [0, 0.1) is 0 Å². The Morgan fingerprint density at radius 2 is 1.63 bits per heavy atom. The third kappa shape index (κ3) is 8.36. The van der Waals surface area contributed by atoms with E-state index in [2.05, 4.69) is 36.1 Å². The van der Waals surface area contributed by atoms with Crippen molar-refractivity contribution in [3.05, 3.63) is 65.4 Å². The van der Waals surface area contributed by atoms with E-state index in [1.165, 1.54) is 12.0 Å². The first kappa shape index (κ1) is 15.7. The standard InChI is InChI=1S/C11H16ClN.C5H5N/c1-13(2)9-3-4-10-5-7-11(12)8-6-10;1-2-4-6-5-3-1/h5-8H,3-4,9H2,1-2H3;1-5H. The molecule has 1 heterocycles. The highest BCUT2D eigenvalue weighted by atomic mass is 35.5. The van der Waals surface area contributed by atoms with Gasteiger partial charge in [-0.1, -0.05) is 29.8 Å². The maximum atomic E-state index is 5.79. The minimum Gasteiger partial charge on any atom is -0.309 e. The Hall–Kier alpha value is -1.38. The van der Waals surface area contributed by atoms with Crippen LogP contribution in [0.1, 0.15) is 12.0 Å². The average Bonchev–Trinajstić information content (AvgIpc) is 2.43. The molecule has 0 atom stereocenters. The lowest BCUT2D eigenvalue weighted by Crippen LogP contribution is -2.13. The summed E-state index contributed by atoms with van der Waals surface area (Å²) < 4.78 is 0. The fourth-order valence-electron chi connectivity index (χ4n) is 1.56. The van der Waals surface area contributed by atoms with Crippen LogP contribution in [0.3, 0.4) is 0 Å². The van der Waals surface area contributed by atoms with E-state index in [9.17, 15) is 0 Å². The fraction of sp³-hybridized carbons (Fsp3) is 0.312. The molecule has 2 nitrogen and oxygen atoms in total. The molecule has 0 aliphatic rings. The third-order valence-electron chi connectivity index (χ3n) is 2.55. The van der Waals surface area contributed by atoms with E-state index >= 15 is 0 Å². The van der Waals surface area contributed by atoms with Crippen molar-refractivity contribution < 1.29 is 0 Å². The van der Waals surface area contributed by atoms with Crippen molar-refractivity contribution in [1.29, 1.82) is 0 Å². The monoisotopic (exact) mass is 276 g/mol. The van der Waals surface area contributed by atoms with Crippen LogP contribution in [0.15, 0.2) is 54.9 Å². The van der Waals surface area contributed by atoms with E-state index in [4.69, 9.17) is 11.6 Å². The fourth-order valence-corrected chi connectivity index (χ4v) is 1.69. The average molecular weight is 277 g/mol.